The van der Waals surface area contributed by atoms with E-state index in [1.54, 1.807) is 12.5 Å². The second-order valence-electron chi connectivity index (χ2n) is 7.66. The number of nitrogens with two attached hydrogens (primary N) is 1. The van der Waals surface area contributed by atoms with E-state index in [9.17, 15) is 4.79 Å². The molecule has 7 heteroatoms. The summed E-state index contributed by atoms with van der Waals surface area (Å²) in [6, 6.07) is 25.1. The molecule has 0 aliphatic rings. The Morgan fingerprint density at radius 3 is 2.35 bits per heavy atom. The van der Waals surface area contributed by atoms with Crippen LogP contribution < -0.4 is 10.5 Å². The molecule has 3 aromatic carbocycles. The summed E-state index contributed by atoms with van der Waals surface area (Å²) in [5, 5.41) is 7.00. The molecule has 0 saturated carbocycles. The quantitative estimate of drug-likeness (QED) is 0.342. The number of rotatable bonds is 9. The average Bonchev–Trinajstić information content (AvgIpc) is 3.39. The van der Waals surface area contributed by atoms with Crippen LogP contribution in [0.15, 0.2) is 91.4 Å². The van der Waals surface area contributed by atoms with Gasteiger partial charge in [-0.2, -0.15) is 0 Å². The van der Waals surface area contributed by atoms with Gasteiger partial charge in [0.25, 0.3) is 0 Å². The summed E-state index contributed by atoms with van der Waals surface area (Å²) >= 11 is 0. The van der Waals surface area contributed by atoms with Gasteiger partial charge in [0.2, 0.25) is 5.91 Å². The molecular formula is C27H29N3O4. The van der Waals surface area contributed by atoms with E-state index in [0.29, 0.717) is 11.4 Å². The molecule has 0 bridgehead atoms. The minimum absolute atomic E-state index is 0.0596. The zero-order valence-electron chi connectivity index (χ0n) is 19.3. The Morgan fingerprint density at radius 2 is 1.71 bits per heavy atom. The lowest BCUT2D eigenvalue weighted by Gasteiger charge is -2.33. The highest BCUT2D eigenvalue weighted by atomic mass is 16.5. The number of nitrogens with zero attached hydrogens (tertiary/aromatic N) is 1. The van der Waals surface area contributed by atoms with E-state index >= 15 is 0 Å². The third-order valence-corrected chi connectivity index (χ3v) is 5.21. The molecule has 0 fully saturated rings. The van der Waals surface area contributed by atoms with Gasteiger partial charge in [-0.25, -0.2) is 4.98 Å². The number of aromatic nitrogens is 2. The number of hydrogen-bond donors (Lipinski definition) is 3. The number of amides is 1. The number of ether oxygens (including phenoxy) is 2. The number of carbonyl (C=O) groups is 1. The Kier molecular flexibility index (Phi) is 8.56. The summed E-state index contributed by atoms with van der Waals surface area (Å²) in [7, 11) is 1.00. The number of imidazole rings is 1. The van der Waals surface area contributed by atoms with Crippen LogP contribution in [0.2, 0.25) is 0 Å². The Balaban J connectivity index is 0.00000158. The van der Waals surface area contributed by atoms with Gasteiger partial charge in [-0.05, 0) is 47.9 Å². The number of H-pyrrole nitrogens is 1. The van der Waals surface area contributed by atoms with E-state index < -0.39 is 11.5 Å². The van der Waals surface area contributed by atoms with E-state index in [2.05, 4.69) is 9.97 Å². The van der Waals surface area contributed by atoms with Crippen molar-refractivity contribution in [1.29, 1.82) is 0 Å². The van der Waals surface area contributed by atoms with E-state index in [1.165, 1.54) is 0 Å². The number of benzene rings is 3. The molecule has 4 rings (SSSR count). The zero-order chi connectivity index (χ0) is 24.4. The fourth-order valence-corrected chi connectivity index (χ4v) is 3.69. The van der Waals surface area contributed by atoms with Crippen LogP contribution >= 0.6 is 0 Å². The smallest absolute Gasteiger partial charge is 0.221 e. The van der Waals surface area contributed by atoms with Gasteiger partial charge in [-0.3, -0.25) is 4.79 Å². The maximum absolute atomic E-state index is 12.2. The van der Waals surface area contributed by atoms with Crippen LogP contribution in [0.1, 0.15) is 28.8 Å². The Hall–Kier alpha value is -3.94. The first-order valence-corrected chi connectivity index (χ1v) is 10.8. The highest BCUT2D eigenvalue weighted by molar-refractivity contribution is 5.76. The molecule has 34 heavy (non-hydrogen) atoms. The standard InChI is InChI=1S/C26H25N3O3.CH4O/c1-19-7-5-11-22(13-19)32-23-12-6-10-21(14-23)26(15-25(27)30,24-16-28-18-29-24)31-17-20-8-3-2-4-9-20;1-2/h2-14,16,18H,15,17H2,1H3,(H2,27,30)(H,28,29);2H,1H3. The molecule has 1 atom stereocenters. The number of hydrogen-bond acceptors (Lipinski definition) is 5. The third-order valence-electron chi connectivity index (χ3n) is 5.21. The Bertz CT molecular complexity index is 1180. The molecule has 1 amide bonds. The minimum atomic E-state index is -1.15. The summed E-state index contributed by atoms with van der Waals surface area (Å²) in [5.41, 5.74) is 7.99. The molecule has 0 aliphatic carbocycles. The van der Waals surface area contributed by atoms with Crippen LogP contribution in [0.5, 0.6) is 11.5 Å². The average molecular weight is 460 g/mol. The maximum atomic E-state index is 12.2. The number of aliphatic hydroxyl groups is 1. The molecule has 7 nitrogen and oxygen atoms in total. The molecule has 0 saturated heterocycles. The van der Waals surface area contributed by atoms with E-state index in [4.69, 9.17) is 20.3 Å². The lowest BCUT2D eigenvalue weighted by atomic mass is 9.86. The molecule has 176 valence electrons. The van der Waals surface area contributed by atoms with Crippen LogP contribution in [0, 0.1) is 6.92 Å². The van der Waals surface area contributed by atoms with Crippen LogP contribution in [0.25, 0.3) is 0 Å². The number of aromatic amines is 1. The lowest BCUT2D eigenvalue weighted by molar-refractivity contribution is -0.125. The van der Waals surface area contributed by atoms with Gasteiger partial charge in [-0.1, -0.05) is 54.6 Å². The molecular weight excluding hydrogens is 430 g/mol. The number of primary amides is 1. The highest BCUT2D eigenvalue weighted by Crippen LogP contribution is 2.38. The third kappa shape index (κ3) is 6.10. The molecule has 0 spiro atoms. The summed E-state index contributed by atoms with van der Waals surface area (Å²) in [6.45, 7) is 2.30. The van der Waals surface area contributed by atoms with Gasteiger partial charge in [0.1, 0.15) is 17.1 Å². The van der Waals surface area contributed by atoms with E-state index in [0.717, 1.165) is 29.5 Å². The zero-order valence-corrected chi connectivity index (χ0v) is 19.3. The van der Waals surface area contributed by atoms with Gasteiger partial charge < -0.3 is 25.3 Å². The van der Waals surface area contributed by atoms with Crippen molar-refractivity contribution in [2.75, 3.05) is 7.11 Å². The molecule has 1 aromatic heterocycles. The fraction of sp³-hybridized carbons (Fsp3) is 0.185. The van der Waals surface area contributed by atoms with Crippen molar-refractivity contribution in [1.82, 2.24) is 9.97 Å². The Morgan fingerprint density at radius 1 is 1.00 bits per heavy atom. The minimum Gasteiger partial charge on any atom is -0.457 e. The van der Waals surface area contributed by atoms with Crippen LogP contribution in [-0.2, 0) is 21.7 Å². The van der Waals surface area contributed by atoms with Crippen molar-refractivity contribution < 1.29 is 19.4 Å². The lowest BCUT2D eigenvalue weighted by Crippen LogP contribution is -2.36. The molecule has 0 aliphatic heterocycles. The molecule has 1 heterocycles. The second kappa shape index (κ2) is 11.8. The summed E-state index contributed by atoms with van der Waals surface area (Å²) in [6.07, 6.45) is 3.15. The maximum Gasteiger partial charge on any atom is 0.221 e. The topological polar surface area (TPSA) is 110 Å². The first-order chi connectivity index (χ1) is 16.5. The fourth-order valence-electron chi connectivity index (χ4n) is 3.69. The van der Waals surface area contributed by atoms with Crippen molar-refractivity contribution in [2.45, 2.75) is 25.6 Å². The summed E-state index contributed by atoms with van der Waals surface area (Å²) < 4.78 is 12.5. The SMILES string of the molecule is CO.Cc1cccc(Oc2cccc(C(CC(N)=O)(OCc3ccccc3)c3cnc[nH]3)c2)c1. The first kappa shape index (κ1) is 24.7. The van der Waals surface area contributed by atoms with Crippen molar-refractivity contribution in [3.05, 3.63) is 114 Å². The monoisotopic (exact) mass is 459 g/mol. The molecule has 1 unspecified atom stereocenters. The normalized spacial score (nSPS) is 12.2. The van der Waals surface area contributed by atoms with Gasteiger partial charge in [-0.15, -0.1) is 0 Å². The van der Waals surface area contributed by atoms with E-state index in [-0.39, 0.29) is 13.0 Å². The van der Waals surface area contributed by atoms with Gasteiger partial charge in [0, 0.05) is 7.11 Å². The highest BCUT2D eigenvalue weighted by Gasteiger charge is 2.39. The predicted octanol–water partition coefficient (Wildman–Crippen LogP) is 4.45. The number of carbonyl (C=O) groups excluding carboxylic acids is 1. The van der Waals surface area contributed by atoms with Gasteiger partial charge in [0.05, 0.1) is 31.2 Å². The number of nitrogens with one attached hydrogen (secondary N) is 1. The van der Waals surface area contributed by atoms with Crippen LogP contribution in [-0.4, -0.2) is 28.1 Å². The first-order valence-electron chi connectivity index (χ1n) is 10.8. The molecule has 0 radical (unpaired) electrons. The van der Waals surface area contributed by atoms with Gasteiger partial charge in [0.15, 0.2) is 0 Å². The van der Waals surface area contributed by atoms with Crippen molar-refractivity contribution in [3.8, 4) is 11.5 Å². The number of aryl methyl sites for hydroxylation is 1. The predicted molar refractivity (Wildman–Crippen MR) is 130 cm³/mol. The van der Waals surface area contributed by atoms with Crippen LogP contribution in [0.3, 0.4) is 0 Å². The Labute approximate surface area is 199 Å². The molecule has 4 N–H and O–H groups in total. The van der Waals surface area contributed by atoms with Crippen molar-refractivity contribution >= 4 is 5.91 Å². The summed E-state index contributed by atoms with van der Waals surface area (Å²) in [5.74, 6) is 0.872. The van der Waals surface area contributed by atoms with Crippen molar-refractivity contribution in [2.24, 2.45) is 5.73 Å². The largest absolute Gasteiger partial charge is 0.457 e. The van der Waals surface area contributed by atoms with Crippen LogP contribution in [0.4, 0.5) is 0 Å². The van der Waals surface area contributed by atoms with Gasteiger partial charge >= 0.3 is 0 Å². The second-order valence-corrected chi connectivity index (χ2v) is 7.66. The van der Waals surface area contributed by atoms with E-state index in [1.807, 2.05) is 85.8 Å². The van der Waals surface area contributed by atoms with Crippen molar-refractivity contribution in [3.63, 3.8) is 0 Å². The summed E-state index contributed by atoms with van der Waals surface area (Å²) in [4.78, 5) is 19.5. The number of aliphatic hydroxyl groups excluding tert-OH is 1. The molecule has 4 aromatic rings.